The maximum absolute atomic E-state index is 12.4. The first-order valence-corrected chi connectivity index (χ1v) is 6.92. The van der Waals surface area contributed by atoms with E-state index in [0.29, 0.717) is 17.7 Å². The molecule has 2 aliphatic heterocycles. The standard InChI is InChI=1S/C15H15N3O3/c16-8-9-1-3-10(4-2-9)17-15(21)18-11-5-6-13(18)12(7-11)14(19)20/h1-4,11-13H,5-7H2,(H,17,21)(H,19,20). The first-order valence-electron chi connectivity index (χ1n) is 6.92. The van der Waals surface area contributed by atoms with Gasteiger partial charge < -0.3 is 15.3 Å². The molecule has 2 saturated heterocycles. The van der Waals surface area contributed by atoms with Gasteiger partial charge in [-0.1, -0.05) is 0 Å². The summed E-state index contributed by atoms with van der Waals surface area (Å²) in [6.45, 7) is 0. The second-order valence-corrected chi connectivity index (χ2v) is 5.51. The Bertz CT molecular complexity index is 620. The van der Waals surface area contributed by atoms with Gasteiger partial charge in [0.25, 0.3) is 0 Å². The van der Waals surface area contributed by atoms with Crippen molar-refractivity contribution >= 4 is 17.7 Å². The number of fused-ring (bicyclic) bond motifs is 2. The van der Waals surface area contributed by atoms with Crippen molar-refractivity contribution in [1.29, 1.82) is 5.26 Å². The Hall–Kier alpha value is -2.55. The van der Waals surface area contributed by atoms with Crippen LogP contribution in [0.3, 0.4) is 0 Å². The number of rotatable bonds is 2. The minimum atomic E-state index is -0.821. The number of hydrogen-bond acceptors (Lipinski definition) is 3. The van der Waals surface area contributed by atoms with Gasteiger partial charge in [-0.2, -0.15) is 5.26 Å². The predicted octanol–water partition coefficient (Wildman–Crippen LogP) is 2.03. The van der Waals surface area contributed by atoms with Crippen LogP contribution in [0.25, 0.3) is 0 Å². The van der Waals surface area contributed by atoms with Crippen LogP contribution in [0, 0.1) is 17.2 Å². The third-order valence-electron chi connectivity index (χ3n) is 4.35. The molecule has 6 nitrogen and oxygen atoms in total. The number of anilines is 1. The van der Waals surface area contributed by atoms with Crippen LogP contribution in [0.15, 0.2) is 24.3 Å². The van der Waals surface area contributed by atoms with Crippen molar-refractivity contribution in [1.82, 2.24) is 4.90 Å². The lowest BCUT2D eigenvalue weighted by Crippen LogP contribution is -2.40. The SMILES string of the molecule is N#Cc1ccc(NC(=O)N2C3CCC2C(C(=O)O)C3)cc1. The molecule has 21 heavy (non-hydrogen) atoms. The van der Waals surface area contributed by atoms with Crippen molar-refractivity contribution in [3.05, 3.63) is 29.8 Å². The smallest absolute Gasteiger partial charge is 0.322 e. The number of benzene rings is 1. The Morgan fingerprint density at radius 2 is 2.00 bits per heavy atom. The van der Waals surface area contributed by atoms with Crippen LogP contribution in [0.2, 0.25) is 0 Å². The topological polar surface area (TPSA) is 93.4 Å². The van der Waals surface area contributed by atoms with E-state index in [0.717, 1.165) is 12.8 Å². The fourth-order valence-electron chi connectivity index (χ4n) is 3.39. The highest BCUT2D eigenvalue weighted by Crippen LogP contribution is 2.42. The lowest BCUT2D eigenvalue weighted by Gasteiger charge is -2.23. The summed E-state index contributed by atoms with van der Waals surface area (Å²) in [5.41, 5.74) is 1.14. The maximum atomic E-state index is 12.4. The fraction of sp³-hybridized carbons (Fsp3) is 0.400. The van der Waals surface area contributed by atoms with Crippen LogP contribution in [-0.4, -0.2) is 34.1 Å². The van der Waals surface area contributed by atoms with Crippen LogP contribution in [0.4, 0.5) is 10.5 Å². The molecule has 6 heteroatoms. The number of nitriles is 1. The summed E-state index contributed by atoms with van der Waals surface area (Å²) in [7, 11) is 0. The molecule has 0 saturated carbocycles. The highest BCUT2D eigenvalue weighted by molar-refractivity contribution is 5.91. The molecule has 2 fully saturated rings. The number of nitrogens with zero attached hydrogens (tertiary/aromatic N) is 2. The van der Waals surface area contributed by atoms with Gasteiger partial charge in [-0.3, -0.25) is 4.79 Å². The maximum Gasteiger partial charge on any atom is 0.322 e. The first-order chi connectivity index (χ1) is 10.1. The molecule has 2 aliphatic rings. The number of amides is 2. The van der Waals surface area contributed by atoms with E-state index in [2.05, 4.69) is 5.32 Å². The zero-order valence-corrected chi connectivity index (χ0v) is 11.3. The van der Waals surface area contributed by atoms with E-state index in [1.165, 1.54) is 0 Å². The minimum Gasteiger partial charge on any atom is -0.481 e. The van der Waals surface area contributed by atoms with Crippen molar-refractivity contribution in [2.75, 3.05) is 5.32 Å². The molecule has 0 aliphatic carbocycles. The Morgan fingerprint density at radius 3 is 2.57 bits per heavy atom. The van der Waals surface area contributed by atoms with E-state index in [4.69, 9.17) is 5.26 Å². The average molecular weight is 285 g/mol. The molecule has 2 heterocycles. The molecular formula is C15H15N3O3. The van der Waals surface area contributed by atoms with E-state index in [9.17, 15) is 14.7 Å². The molecule has 108 valence electrons. The second-order valence-electron chi connectivity index (χ2n) is 5.51. The van der Waals surface area contributed by atoms with Crippen LogP contribution in [0.5, 0.6) is 0 Å². The summed E-state index contributed by atoms with van der Waals surface area (Å²) >= 11 is 0. The molecule has 0 aromatic heterocycles. The molecule has 3 atom stereocenters. The average Bonchev–Trinajstić information content (AvgIpc) is 3.05. The van der Waals surface area contributed by atoms with Crippen LogP contribution in [0.1, 0.15) is 24.8 Å². The van der Waals surface area contributed by atoms with E-state index in [-0.39, 0.29) is 18.1 Å². The van der Waals surface area contributed by atoms with Gasteiger partial charge in [0, 0.05) is 17.8 Å². The summed E-state index contributed by atoms with van der Waals surface area (Å²) < 4.78 is 0. The van der Waals surface area contributed by atoms with Gasteiger partial charge in [-0.05, 0) is 43.5 Å². The summed E-state index contributed by atoms with van der Waals surface area (Å²) in [6, 6.07) is 8.19. The van der Waals surface area contributed by atoms with Gasteiger partial charge in [-0.25, -0.2) is 4.79 Å². The molecule has 2 bridgehead atoms. The first kappa shape index (κ1) is 13.4. The number of carboxylic acid groups (broad SMARTS) is 1. The van der Waals surface area contributed by atoms with Crippen molar-refractivity contribution in [2.45, 2.75) is 31.3 Å². The van der Waals surface area contributed by atoms with Crippen molar-refractivity contribution in [2.24, 2.45) is 5.92 Å². The Kier molecular flexibility index (Phi) is 3.26. The molecular weight excluding hydrogens is 270 g/mol. The third-order valence-corrected chi connectivity index (χ3v) is 4.35. The number of nitrogens with one attached hydrogen (secondary N) is 1. The number of carbonyl (C=O) groups excluding carboxylic acids is 1. The lowest BCUT2D eigenvalue weighted by atomic mass is 9.89. The van der Waals surface area contributed by atoms with Crippen molar-refractivity contribution in [3.8, 4) is 6.07 Å². The number of carbonyl (C=O) groups is 2. The molecule has 3 rings (SSSR count). The number of carboxylic acids is 1. The quantitative estimate of drug-likeness (QED) is 0.869. The zero-order valence-electron chi connectivity index (χ0n) is 11.3. The Labute approximate surface area is 122 Å². The summed E-state index contributed by atoms with van der Waals surface area (Å²) in [4.78, 5) is 25.2. The van der Waals surface area contributed by atoms with Gasteiger partial charge in [-0.15, -0.1) is 0 Å². The number of aliphatic carboxylic acids is 1. The normalized spacial score (nSPS) is 26.4. The molecule has 0 spiro atoms. The van der Waals surface area contributed by atoms with Crippen LogP contribution >= 0.6 is 0 Å². The molecule has 1 aromatic carbocycles. The van der Waals surface area contributed by atoms with Crippen LogP contribution < -0.4 is 5.32 Å². The zero-order chi connectivity index (χ0) is 15.0. The number of hydrogen-bond donors (Lipinski definition) is 2. The van der Waals surface area contributed by atoms with Gasteiger partial charge in [0.05, 0.1) is 17.6 Å². The van der Waals surface area contributed by atoms with Gasteiger partial charge in [0.15, 0.2) is 0 Å². The summed E-state index contributed by atoms with van der Waals surface area (Å²) in [6.07, 6.45) is 2.17. The van der Waals surface area contributed by atoms with E-state index in [1.54, 1.807) is 29.2 Å². The van der Waals surface area contributed by atoms with Gasteiger partial charge in [0.1, 0.15) is 0 Å². The molecule has 0 radical (unpaired) electrons. The Balaban J connectivity index is 1.71. The Morgan fingerprint density at radius 1 is 1.29 bits per heavy atom. The van der Waals surface area contributed by atoms with Crippen LogP contribution in [-0.2, 0) is 4.79 Å². The molecule has 2 N–H and O–H groups in total. The predicted molar refractivity (Wildman–Crippen MR) is 74.6 cm³/mol. The third kappa shape index (κ3) is 2.31. The van der Waals surface area contributed by atoms with Gasteiger partial charge in [0.2, 0.25) is 0 Å². The van der Waals surface area contributed by atoms with E-state index < -0.39 is 11.9 Å². The van der Waals surface area contributed by atoms with Crippen molar-refractivity contribution < 1.29 is 14.7 Å². The van der Waals surface area contributed by atoms with Crippen molar-refractivity contribution in [3.63, 3.8) is 0 Å². The highest BCUT2D eigenvalue weighted by Gasteiger charge is 2.51. The largest absolute Gasteiger partial charge is 0.481 e. The second kappa shape index (κ2) is 5.09. The monoisotopic (exact) mass is 285 g/mol. The summed E-state index contributed by atoms with van der Waals surface area (Å²) in [5.74, 6) is -1.27. The molecule has 1 aromatic rings. The van der Waals surface area contributed by atoms with E-state index >= 15 is 0 Å². The molecule has 3 unspecified atom stereocenters. The minimum absolute atomic E-state index is 0.0227. The fourth-order valence-corrected chi connectivity index (χ4v) is 3.39. The summed E-state index contributed by atoms with van der Waals surface area (Å²) in [5, 5.41) is 20.7. The highest BCUT2D eigenvalue weighted by atomic mass is 16.4. The van der Waals surface area contributed by atoms with E-state index in [1.807, 2.05) is 6.07 Å². The molecule has 2 amide bonds. The number of urea groups is 1. The lowest BCUT2D eigenvalue weighted by molar-refractivity contribution is -0.142. The van der Waals surface area contributed by atoms with Gasteiger partial charge >= 0.3 is 12.0 Å².